The molecule has 1 aliphatic rings. The molecule has 1 fully saturated rings. The topological polar surface area (TPSA) is 62.1 Å². The van der Waals surface area contributed by atoms with E-state index >= 15 is 0 Å². The van der Waals surface area contributed by atoms with E-state index in [0.717, 1.165) is 6.42 Å². The zero-order valence-corrected chi connectivity index (χ0v) is 9.39. The van der Waals surface area contributed by atoms with Gasteiger partial charge in [0.1, 0.15) is 11.8 Å². The first-order valence-electron chi connectivity index (χ1n) is 5.02. The van der Waals surface area contributed by atoms with Gasteiger partial charge in [0.25, 0.3) is 5.91 Å². The van der Waals surface area contributed by atoms with Crippen LogP contribution in [0.2, 0.25) is 0 Å². The average molecular weight is 208 g/mol. The van der Waals surface area contributed by atoms with Crippen molar-refractivity contribution in [3.8, 4) is 6.07 Å². The number of carbonyl (C=O) groups is 1. The first-order valence-corrected chi connectivity index (χ1v) is 5.02. The van der Waals surface area contributed by atoms with Gasteiger partial charge in [-0.2, -0.15) is 5.26 Å². The van der Waals surface area contributed by atoms with Crippen molar-refractivity contribution in [1.82, 2.24) is 5.32 Å². The van der Waals surface area contributed by atoms with E-state index in [9.17, 15) is 4.79 Å². The number of ether oxygens (including phenoxy) is 1. The molecule has 1 saturated heterocycles. The molecule has 4 heteroatoms. The Kier molecular flexibility index (Phi) is 3.35. The molecule has 1 heterocycles. The van der Waals surface area contributed by atoms with E-state index < -0.39 is 0 Å². The first-order chi connectivity index (χ1) is 6.94. The van der Waals surface area contributed by atoms with Gasteiger partial charge < -0.3 is 10.1 Å². The molecule has 0 aromatic rings. The van der Waals surface area contributed by atoms with Crippen LogP contribution in [0.1, 0.15) is 33.6 Å². The minimum Gasteiger partial charge on any atom is -0.496 e. The Labute approximate surface area is 89.9 Å². The Morgan fingerprint density at radius 2 is 2.20 bits per heavy atom. The second-order valence-corrected chi connectivity index (χ2v) is 4.57. The number of amides is 1. The SMILES string of the molecule is CC(C)(C)NC(=O)/C(C#N)=C1/CCCO1. The molecule has 0 aromatic heterocycles. The maximum atomic E-state index is 11.7. The largest absolute Gasteiger partial charge is 0.496 e. The molecule has 0 atom stereocenters. The maximum absolute atomic E-state index is 11.7. The van der Waals surface area contributed by atoms with Gasteiger partial charge in [0.2, 0.25) is 0 Å². The number of rotatable bonds is 1. The van der Waals surface area contributed by atoms with Crippen molar-refractivity contribution in [1.29, 1.82) is 5.26 Å². The normalized spacial score (nSPS) is 19.1. The van der Waals surface area contributed by atoms with Crippen LogP contribution in [0.25, 0.3) is 0 Å². The van der Waals surface area contributed by atoms with E-state index in [0.29, 0.717) is 18.8 Å². The van der Waals surface area contributed by atoms with Crippen molar-refractivity contribution in [3.63, 3.8) is 0 Å². The molecule has 0 spiro atoms. The van der Waals surface area contributed by atoms with Crippen molar-refractivity contribution in [3.05, 3.63) is 11.3 Å². The predicted molar refractivity (Wildman–Crippen MR) is 55.7 cm³/mol. The van der Waals surface area contributed by atoms with Crippen LogP contribution in [0.15, 0.2) is 11.3 Å². The predicted octanol–water partition coefficient (Wildman–Crippen LogP) is 1.49. The summed E-state index contributed by atoms with van der Waals surface area (Å²) in [6.45, 7) is 6.23. The standard InChI is InChI=1S/C11H16N2O2/c1-11(2,3)13-10(14)8(7-12)9-5-4-6-15-9/h4-6H2,1-3H3,(H,13,14)/b9-8-. The second-order valence-electron chi connectivity index (χ2n) is 4.57. The summed E-state index contributed by atoms with van der Waals surface area (Å²) < 4.78 is 5.24. The van der Waals surface area contributed by atoms with Crippen LogP contribution >= 0.6 is 0 Å². The highest BCUT2D eigenvalue weighted by Gasteiger charge is 2.23. The molecule has 1 rings (SSSR count). The lowest BCUT2D eigenvalue weighted by atomic mass is 10.1. The lowest BCUT2D eigenvalue weighted by molar-refractivity contribution is -0.118. The van der Waals surface area contributed by atoms with Gasteiger partial charge in [-0.15, -0.1) is 0 Å². The Bertz CT molecular complexity index is 323. The summed E-state index contributed by atoms with van der Waals surface area (Å²) in [4.78, 5) is 11.7. The van der Waals surface area contributed by atoms with Crippen LogP contribution in [-0.2, 0) is 9.53 Å². The molecule has 1 aliphatic heterocycles. The quantitative estimate of drug-likeness (QED) is 0.524. The van der Waals surface area contributed by atoms with Crippen LogP contribution in [0, 0.1) is 11.3 Å². The summed E-state index contributed by atoms with van der Waals surface area (Å²) >= 11 is 0. The molecule has 4 nitrogen and oxygen atoms in total. The third-order valence-corrected chi connectivity index (χ3v) is 1.93. The lowest BCUT2D eigenvalue weighted by Gasteiger charge is -2.20. The molecule has 0 saturated carbocycles. The molecule has 82 valence electrons. The number of nitriles is 1. The fourth-order valence-electron chi connectivity index (χ4n) is 1.34. The van der Waals surface area contributed by atoms with Crippen LogP contribution in [0.3, 0.4) is 0 Å². The minimum absolute atomic E-state index is 0.113. The summed E-state index contributed by atoms with van der Waals surface area (Å²) in [7, 11) is 0. The van der Waals surface area contributed by atoms with Gasteiger partial charge in [0.05, 0.1) is 6.61 Å². The number of hydrogen-bond donors (Lipinski definition) is 1. The minimum atomic E-state index is -0.345. The average Bonchev–Trinajstić information content (AvgIpc) is 2.54. The Morgan fingerprint density at radius 3 is 2.60 bits per heavy atom. The van der Waals surface area contributed by atoms with Crippen LogP contribution in [-0.4, -0.2) is 18.1 Å². The maximum Gasteiger partial charge on any atom is 0.265 e. The second kappa shape index (κ2) is 4.35. The molecule has 0 aliphatic carbocycles. The van der Waals surface area contributed by atoms with Crippen LogP contribution < -0.4 is 5.32 Å². The van der Waals surface area contributed by atoms with Gasteiger partial charge in [-0.1, -0.05) is 0 Å². The Morgan fingerprint density at radius 1 is 1.53 bits per heavy atom. The number of nitrogens with one attached hydrogen (secondary N) is 1. The number of hydrogen-bond acceptors (Lipinski definition) is 3. The molecule has 0 bridgehead atoms. The van der Waals surface area contributed by atoms with E-state index in [4.69, 9.17) is 10.00 Å². The molecule has 15 heavy (non-hydrogen) atoms. The van der Waals surface area contributed by atoms with Crippen LogP contribution in [0.5, 0.6) is 0 Å². The van der Waals surface area contributed by atoms with Crippen molar-refractivity contribution in [2.24, 2.45) is 0 Å². The monoisotopic (exact) mass is 208 g/mol. The summed E-state index contributed by atoms with van der Waals surface area (Å²) in [6.07, 6.45) is 1.56. The smallest absolute Gasteiger partial charge is 0.265 e. The Hall–Kier alpha value is -1.50. The highest BCUT2D eigenvalue weighted by atomic mass is 16.5. The van der Waals surface area contributed by atoms with E-state index in [2.05, 4.69) is 5.32 Å². The third kappa shape index (κ3) is 3.28. The number of carbonyl (C=O) groups excluding carboxylic acids is 1. The molecule has 0 radical (unpaired) electrons. The van der Waals surface area contributed by atoms with Gasteiger partial charge in [-0.3, -0.25) is 4.79 Å². The zero-order chi connectivity index (χ0) is 11.5. The number of allylic oxidation sites excluding steroid dienone is 1. The highest BCUT2D eigenvalue weighted by Crippen LogP contribution is 2.20. The molecule has 1 N–H and O–H groups in total. The van der Waals surface area contributed by atoms with E-state index in [1.807, 2.05) is 26.8 Å². The summed E-state index contributed by atoms with van der Waals surface area (Å²) in [6, 6.07) is 1.91. The molecular weight excluding hydrogens is 192 g/mol. The van der Waals surface area contributed by atoms with E-state index in [1.54, 1.807) is 0 Å². The third-order valence-electron chi connectivity index (χ3n) is 1.93. The van der Waals surface area contributed by atoms with Crippen molar-refractivity contribution in [2.75, 3.05) is 6.61 Å². The van der Waals surface area contributed by atoms with E-state index in [-0.39, 0.29) is 17.0 Å². The first kappa shape index (κ1) is 11.6. The van der Waals surface area contributed by atoms with Gasteiger partial charge in [0, 0.05) is 12.0 Å². The molecular formula is C11H16N2O2. The summed E-state index contributed by atoms with van der Waals surface area (Å²) in [5.41, 5.74) is -0.222. The van der Waals surface area contributed by atoms with Gasteiger partial charge in [0.15, 0.2) is 5.57 Å². The fraction of sp³-hybridized carbons (Fsp3) is 0.636. The molecule has 1 amide bonds. The highest BCUT2D eigenvalue weighted by molar-refractivity contribution is 5.98. The lowest BCUT2D eigenvalue weighted by Crippen LogP contribution is -2.41. The van der Waals surface area contributed by atoms with Crippen molar-refractivity contribution >= 4 is 5.91 Å². The van der Waals surface area contributed by atoms with E-state index in [1.165, 1.54) is 0 Å². The summed E-state index contributed by atoms with van der Waals surface area (Å²) in [5, 5.41) is 11.7. The Balaban J connectivity index is 2.81. The number of nitrogens with zero attached hydrogens (tertiary/aromatic N) is 1. The van der Waals surface area contributed by atoms with Gasteiger partial charge >= 0.3 is 0 Å². The fourth-order valence-corrected chi connectivity index (χ4v) is 1.34. The molecule has 0 unspecified atom stereocenters. The zero-order valence-electron chi connectivity index (χ0n) is 9.39. The van der Waals surface area contributed by atoms with Crippen molar-refractivity contribution in [2.45, 2.75) is 39.2 Å². The van der Waals surface area contributed by atoms with Gasteiger partial charge in [-0.05, 0) is 27.2 Å². The molecule has 0 aromatic carbocycles. The van der Waals surface area contributed by atoms with Crippen LogP contribution in [0.4, 0.5) is 0 Å². The van der Waals surface area contributed by atoms with Gasteiger partial charge in [-0.25, -0.2) is 0 Å². The van der Waals surface area contributed by atoms with Crippen molar-refractivity contribution < 1.29 is 9.53 Å². The summed E-state index contributed by atoms with van der Waals surface area (Å²) in [5.74, 6) is 0.182.